The first-order valence-corrected chi connectivity index (χ1v) is 9.01. The number of hydrogen-bond donors (Lipinski definition) is 1. The molecule has 26 heavy (non-hydrogen) atoms. The van der Waals surface area contributed by atoms with E-state index in [9.17, 15) is 9.59 Å². The molecule has 1 N–H and O–H groups in total. The number of amidine groups is 1. The average molecular weight is 376 g/mol. The van der Waals surface area contributed by atoms with Gasteiger partial charge in [-0.25, -0.2) is 0 Å². The number of guanidine groups is 1. The fourth-order valence-electron chi connectivity index (χ4n) is 3.09. The maximum absolute atomic E-state index is 12.8. The number of carbonyl (C=O) groups is 2. The van der Waals surface area contributed by atoms with Gasteiger partial charge in [0.25, 0.3) is 5.91 Å². The summed E-state index contributed by atoms with van der Waals surface area (Å²) in [6.45, 7) is 6.33. The van der Waals surface area contributed by atoms with E-state index in [0.717, 1.165) is 5.56 Å². The molecule has 8 heteroatoms. The Hall–Kier alpha value is -2.41. The zero-order valence-corrected chi connectivity index (χ0v) is 15.6. The van der Waals surface area contributed by atoms with Gasteiger partial charge in [0.15, 0.2) is 6.04 Å². The van der Waals surface area contributed by atoms with Crippen LogP contribution in [0.5, 0.6) is 0 Å². The van der Waals surface area contributed by atoms with Crippen molar-refractivity contribution in [3.63, 3.8) is 0 Å². The third-order valence-corrected chi connectivity index (χ3v) is 4.48. The summed E-state index contributed by atoms with van der Waals surface area (Å²) in [4.78, 5) is 36.6. The van der Waals surface area contributed by atoms with Crippen molar-refractivity contribution < 1.29 is 9.59 Å². The Kier molecular flexibility index (Phi) is 5.56. The maximum Gasteiger partial charge on any atom is 0.259 e. The molecule has 1 unspecified atom stereocenters. The smallest absolute Gasteiger partial charge is 0.259 e. The van der Waals surface area contributed by atoms with Gasteiger partial charge in [0.2, 0.25) is 12.4 Å². The highest BCUT2D eigenvalue weighted by atomic mass is 35.5. The third kappa shape index (κ3) is 3.72. The number of carbonyl (C=O) groups excluding carboxylic acids is 2. The van der Waals surface area contributed by atoms with E-state index in [-0.39, 0.29) is 5.91 Å². The van der Waals surface area contributed by atoms with Crippen molar-refractivity contribution in [3.8, 4) is 0 Å². The molecule has 1 aromatic rings. The average Bonchev–Trinajstić information content (AvgIpc) is 3.09. The summed E-state index contributed by atoms with van der Waals surface area (Å²) in [5.41, 5.74) is 0.972. The second kappa shape index (κ2) is 7.86. The number of nitrogens with one attached hydrogen (secondary N) is 1. The Bertz CT molecular complexity index is 744. The van der Waals surface area contributed by atoms with Crippen molar-refractivity contribution in [2.45, 2.75) is 26.4 Å². The molecule has 0 aromatic heterocycles. The Labute approximate surface area is 157 Å². The van der Waals surface area contributed by atoms with Crippen LogP contribution in [0, 0.1) is 5.92 Å². The molecule has 2 aliphatic rings. The van der Waals surface area contributed by atoms with E-state index >= 15 is 0 Å². The van der Waals surface area contributed by atoms with E-state index in [1.807, 2.05) is 17.0 Å². The molecule has 2 amide bonds. The van der Waals surface area contributed by atoms with Crippen molar-refractivity contribution in [2.24, 2.45) is 15.9 Å². The van der Waals surface area contributed by atoms with E-state index < -0.39 is 6.04 Å². The number of halogens is 1. The molecular weight excluding hydrogens is 354 g/mol. The first kappa shape index (κ1) is 18.4. The van der Waals surface area contributed by atoms with Crippen molar-refractivity contribution in [1.82, 2.24) is 15.1 Å². The van der Waals surface area contributed by atoms with Crippen molar-refractivity contribution in [1.29, 1.82) is 0 Å². The lowest BCUT2D eigenvalue weighted by Gasteiger charge is -2.40. The second-order valence-corrected chi connectivity index (χ2v) is 7.13. The SMILES string of the molecule is CC(C)CN1C(=NCc2ccc(Cl)cc2)C(NC=O)C(=O)N2CCN=C21. The zero-order valence-electron chi connectivity index (χ0n) is 14.9. The highest BCUT2D eigenvalue weighted by Crippen LogP contribution is 2.20. The number of nitrogens with zero attached hydrogens (tertiary/aromatic N) is 4. The highest BCUT2D eigenvalue weighted by Gasteiger charge is 2.44. The minimum atomic E-state index is -0.796. The Morgan fingerprint density at radius 1 is 1.38 bits per heavy atom. The van der Waals surface area contributed by atoms with Crippen LogP contribution in [-0.2, 0) is 16.1 Å². The minimum Gasteiger partial charge on any atom is -0.341 e. The number of amides is 2. The van der Waals surface area contributed by atoms with Gasteiger partial charge in [-0.2, -0.15) is 0 Å². The summed E-state index contributed by atoms with van der Waals surface area (Å²) in [6, 6.07) is 6.60. The van der Waals surface area contributed by atoms with E-state index in [0.29, 0.717) is 55.3 Å². The number of aliphatic imine (C=N–C) groups is 2. The summed E-state index contributed by atoms with van der Waals surface area (Å²) >= 11 is 5.93. The number of rotatable bonds is 6. The van der Waals surface area contributed by atoms with Crippen LogP contribution in [0.3, 0.4) is 0 Å². The van der Waals surface area contributed by atoms with Crippen LogP contribution in [0.2, 0.25) is 5.02 Å². The molecule has 0 spiro atoms. The first-order chi connectivity index (χ1) is 12.5. The standard InChI is InChI=1S/C18H22ClN5O2/c1-12(2)10-24-16(21-9-13-3-5-14(19)6-4-13)15(22-11-25)17(26)23-8-7-20-18(23)24/h3-6,11-12,15H,7-10H2,1-2H3,(H,22,25). The molecule has 0 bridgehead atoms. The molecule has 0 radical (unpaired) electrons. The molecule has 1 atom stereocenters. The predicted octanol–water partition coefficient (Wildman–Crippen LogP) is 1.52. The first-order valence-electron chi connectivity index (χ1n) is 8.63. The molecule has 1 saturated heterocycles. The van der Waals surface area contributed by atoms with Gasteiger partial charge in [-0.15, -0.1) is 0 Å². The molecule has 2 heterocycles. The minimum absolute atomic E-state index is 0.191. The summed E-state index contributed by atoms with van der Waals surface area (Å²) in [6.07, 6.45) is 0.548. The van der Waals surface area contributed by atoms with Crippen LogP contribution in [0.1, 0.15) is 19.4 Å². The van der Waals surface area contributed by atoms with E-state index in [2.05, 4.69) is 29.1 Å². The van der Waals surface area contributed by atoms with Crippen LogP contribution in [-0.4, -0.2) is 59.6 Å². The van der Waals surface area contributed by atoms with Crippen LogP contribution in [0.4, 0.5) is 0 Å². The monoisotopic (exact) mass is 375 g/mol. The van der Waals surface area contributed by atoms with E-state index in [1.54, 1.807) is 17.0 Å². The molecule has 0 saturated carbocycles. The van der Waals surface area contributed by atoms with Crippen LogP contribution >= 0.6 is 11.6 Å². The summed E-state index contributed by atoms with van der Waals surface area (Å²) < 4.78 is 0. The molecule has 1 aromatic carbocycles. The van der Waals surface area contributed by atoms with Gasteiger partial charge in [0.05, 0.1) is 13.1 Å². The Balaban J connectivity index is 1.96. The molecule has 3 rings (SSSR count). The lowest BCUT2D eigenvalue weighted by atomic mass is 10.1. The van der Waals surface area contributed by atoms with Gasteiger partial charge in [-0.1, -0.05) is 37.6 Å². The largest absolute Gasteiger partial charge is 0.341 e. The van der Waals surface area contributed by atoms with Gasteiger partial charge >= 0.3 is 0 Å². The third-order valence-electron chi connectivity index (χ3n) is 4.23. The molecule has 7 nitrogen and oxygen atoms in total. The number of benzene rings is 1. The van der Waals surface area contributed by atoms with Gasteiger partial charge in [0.1, 0.15) is 5.84 Å². The van der Waals surface area contributed by atoms with Crippen LogP contribution < -0.4 is 5.32 Å². The summed E-state index contributed by atoms with van der Waals surface area (Å²) in [5.74, 6) is 1.30. The summed E-state index contributed by atoms with van der Waals surface area (Å²) in [7, 11) is 0. The fourth-order valence-corrected chi connectivity index (χ4v) is 3.22. The van der Waals surface area contributed by atoms with E-state index in [1.165, 1.54) is 0 Å². The van der Waals surface area contributed by atoms with Crippen molar-refractivity contribution in [3.05, 3.63) is 34.9 Å². The summed E-state index contributed by atoms with van der Waals surface area (Å²) in [5, 5.41) is 3.28. The molecule has 1 fully saturated rings. The van der Waals surface area contributed by atoms with Gasteiger partial charge in [-0.05, 0) is 23.6 Å². The number of hydrogen-bond acceptors (Lipinski definition) is 4. The molecule has 138 valence electrons. The molecular formula is C18H22ClN5O2. The highest BCUT2D eigenvalue weighted by molar-refractivity contribution is 6.30. The van der Waals surface area contributed by atoms with Crippen LogP contribution in [0.25, 0.3) is 0 Å². The topological polar surface area (TPSA) is 77.4 Å². The fraction of sp³-hybridized carbons (Fsp3) is 0.444. The Morgan fingerprint density at radius 2 is 2.12 bits per heavy atom. The van der Waals surface area contributed by atoms with Crippen molar-refractivity contribution in [2.75, 3.05) is 19.6 Å². The molecule has 0 aliphatic carbocycles. The lowest BCUT2D eigenvalue weighted by molar-refractivity contribution is -0.130. The molecule has 2 aliphatic heterocycles. The lowest BCUT2D eigenvalue weighted by Crippen LogP contribution is -2.65. The van der Waals surface area contributed by atoms with Gasteiger partial charge in [-0.3, -0.25) is 29.4 Å². The normalized spacial score (nSPS) is 21.2. The van der Waals surface area contributed by atoms with E-state index in [4.69, 9.17) is 11.6 Å². The van der Waals surface area contributed by atoms with Gasteiger partial charge < -0.3 is 5.32 Å². The number of fused-ring (bicyclic) bond motifs is 1. The predicted molar refractivity (Wildman–Crippen MR) is 101 cm³/mol. The maximum atomic E-state index is 12.8. The van der Waals surface area contributed by atoms with Crippen LogP contribution in [0.15, 0.2) is 34.3 Å². The quantitative estimate of drug-likeness (QED) is 0.766. The van der Waals surface area contributed by atoms with Gasteiger partial charge in [0, 0.05) is 18.1 Å². The van der Waals surface area contributed by atoms with Crippen molar-refractivity contribution >= 4 is 35.7 Å². The zero-order chi connectivity index (χ0) is 18.7. The Morgan fingerprint density at radius 3 is 2.77 bits per heavy atom. The second-order valence-electron chi connectivity index (χ2n) is 6.69.